The van der Waals surface area contributed by atoms with Crippen LogP contribution < -0.4 is 5.43 Å². The van der Waals surface area contributed by atoms with E-state index in [0.29, 0.717) is 11.4 Å². The van der Waals surface area contributed by atoms with Gasteiger partial charge in [0.15, 0.2) is 6.29 Å². The van der Waals surface area contributed by atoms with Crippen LogP contribution in [0.2, 0.25) is 0 Å². The molecule has 56 valence electrons. The summed E-state index contributed by atoms with van der Waals surface area (Å²) in [5, 5.41) is 3.41. The first-order chi connectivity index (χ1) is 5.36. The molecule has 0 amide bonds. The van der Waals surface area contributed by atoms with Gasteiger partial charge in [-0.1, -0.05) is 0 Å². The number of rotatable bonds is 3. The zero-order chi connectivity index (χ0) is 8.10. The molecule has 1 aromatic rings. The summed E-state index contributed by atoms with van der Waals surface area (Å²) in [4.78, 5) is 14.0. The van der Waals surface area contributed by atoms with Crippen molar-refractivity contribution in [2.24, 2.45) is 5.10 Å². The van der Waals surface area contributed by atoms with Crippen molar-refractivity contribution in [3.05, 3.63) is 23.9 Å². The van der Waals surface area contributed by atoms with Crippen molar-refractivity contribution in [2.75, 3.05) is 5.43 Å². The van der Waals surface area contributed by atoms with Crippen LogP contribution in [0.3, 0.4) is 0 Å². The summed E-state index contributed by atoms with van der Waals surface area (Å²) in [6.45, 7) is 3.23. The largest absolute Gasteiger partial charge is 0.298 e. The summed E-state index contributed by atoms with van der Waals surface area (Å²) in [7, 11) is 0. The van der Waals surface area contributed by atoms with E-state index in [9.17, 15) is 4.79 Å². The third-order valence-corrected chi connectivity index (χ3v) is 1.12. The maximum atomic E-state index is 10.2. The Bertz CT molecular complexity index is 255. The molecule has 0 unspecified atom stereocenters. The molecular formula is C7H7N3O. The van der Waals surface area contributed by atoms with Gasteiger partial charge >= 0.3 is 0 Å². The number of hydrogen-bond donors (Lipinski definition) is 1. The predicted molar refractivity (Wildman–Crippen MR) is 42.8 cm³/mol. The van der Waals surface area contributed by atoms with Crippen molar-refractivity contribution >= 4 is 18.8 Å². The maximum absolute atomic E-state index is 10.2. The molecule has 0 aliphatic rings. The summed E-state index contributed by atoms with van der Waals surface area (Å²) in [6.07, 6.45) is 2.19. The van der Waals surface area contributed by atoms with Gasteiger partial charge in [-0.05, 0) is 12.1 Å². The smallest absolute Gasteiger partial charge is 0.151 e. The Morgan fingerprint density at radius 3 is 2.91 bits per heavy atom. The van der Waals surface area contributed by atoms with Crippen LogP contribution in [0.1, 0.15) is 10.4 Å². The van der Waals surface area contributed by atoms with E-state index in [0.717, 1.165) is 6.29 Å². The maximum Gasteiger partial charge on any atom is 0.151 e. The summed E-state index contributed by atoms with van der Waals surface area (Å²) in [6, 6.07) is 3.30. The highest BCUT2D eigenvalue weighted by Gasteiger charge is 1.90. The van der Waals surface area contributed by atoms with Gasteiger partial charge in [-0.15, -0.1) is 0 Å². The van der Waals surface area contributed by atoms with E-state index in [4.69, 9.17) is 0 Å². The van der Waals surface area contributed by atoms with Gasteiger partial charge in [-0.25, -0.2) is 4.98 Å². The fourth-order valence-electron chi connectivity index (χ4n) is 0.622. The Hall–Kier alpha value is -1.71. The average Bonchev–Trinajstić information content (AvgIpc) is 2.07. The molecule has 1 heterocycles. The van der Waals surface area contributed by atoms with Crippen molar-refractivity contribution in [3.63, 3.8) is 0 Å². The van der Waals surface area contributed by atoms with E-state index in [1.807, 2.05) is 0 Å². The lowest BCUT2D eigenvalue weighted by Crippen LogP contribution is -1.91. The van der Waals surface area contributed by atoms with Gasteiger partial charge < -0.3 is 0 Å². The van der Waals surface area contributed by atoms with E-state index in [1.54, 1.807) is 12.1 Å². The number of nitrogens with zero attached hydrogens (tertiary/aromatic N) is 2. The Labute approximate surface area is 64.0 Å². The van der Waals surface area contributed by atoms with Crippen LogP contribution in [-0.4, -0.2) is 18.0 Å². The SMILES string of the molecule is C=NNc1ccc(C=O)cn1. The number of pyridine rings is 1. The van der Waals surface area contributed by atoms with E-state index >= 15 is 0 Å². The molecular weight excluding hydrogens is 142 g/mol. The highest BCUT2D eigenvalue weighted by molar-refractivity contribution is 5.74. The first-order valence-corrected chi connectivity index (χ1v) is 3.00. The topological polar surface area (TPSA) is 54.4 Å². The van der Waals surface area contributed by atoms with Gasteiger partial charge in [0.2, 0.25) is 0 Å². The van der Waals surface area contributed by atoms with Gasteiger partial charge in [0.05, 0.1) is 0 Å². The molecule has 0 fully saturated rings. The number of aldehydes is 1. The monoisotopic (exact) mass is 149 g/mol. The molecule has 0 saturated carbocycles. The molecule has 4 heteroatoms. The second-order valence-electron chi connectivity index (χ2n) is 1.86. The second-order valence-corrected chi connectivity index (χ2v) is 1.86. The molecule has 1 N–H and O–H groups in total. The van der Waals surface area contributed by atoms with Crippen LogP contribution in [0.4, 0.5) is 5.82 Å². The molecule has 1 aromatic heterocycles. The van der Waals surface area contributed by atoms with E-state index < -0.39 is 0 Å². The summed E-state index contributed by atoms with van der Waals surface area (Å²) >= 11 is 0. The van der Waals surface area contributed by atoms with Crippen LogP contribution in [-0.2, 0) is 0 Å². The molecule has 1 rings (SSSR count). The molecule has 4 nitrogen and oxygen atoms in total. The third kappa shape index (κ3) is 1.86. The molecule has 0 radical (unpaired) electrons. The van der Waals surface area contributed by atoms with Crippen LogP contribution >= 0.6 is 0 Å². The quantitative estimate of drug-likeness (QED) is 0.395. The van der Waals surface area contributed by atoms with Crippen LogP contribution in [0.15, 0.2) is 23.4 Å². The molecule has 0 aliphatic heterocycles. The lowest BCUT2D eigenvalue weighted by molar-refractivity contribution is 0.112. The summed E-state index contributed by atoms with van der Waals surface area (Å²) in [5.41, 5.74) is 3.09. The van der Waals surface area contributed by atoms with Crippen LogP contribution in [0, 0.1) is 0 Å². The highest BCUT2D eigenvalue weighted by atomic mass is 16.1. The van der Waals surface area contributed by atoms with Crippen molar-refractivity contribution in [1.29, 1.82) is 0 Å². The number of aromatic nitrogens is 1. The van der Waals surface area contributed by atoms with Gasteiger partial charge in [0, 0.05) is 18.5 Å². The lowest BCUT2D eigenvalue weighted by atomic mass is 10.3. The van der Waals surface area contributed by atoms with Gasteiger partial charge in [0.25, 0.3) is 0 Å². The second kappa shape index (κ2) is 3.46. The number of nitrogens with one attached hydrogen (secondary N) is 1. The molecule has 11 heavy (non-hydrogen) atoms. The molecule has 0 saturated heterocycles. The number of hydrazone groups is 1. The Kier molecular flexibility index (Phi) is 2.32. The molecule has 0 spiro atoms. The fraction of sp³-hybridized carbons (Fsp3) is 0. The van der Waals surface area contributed by atoms with Crippen molar-refractivity contribution in [3.8, 4) is 0 Å². The standard InChI is InChI=1S/C7H7N3O/c1-8-10-7-3-2-6(5-11)4-9-7/h2-5H,1H2,(H,9,10). The molecule has 0 bridgehead atoms. The van der Waals surface area contributed by atoms with Gasteiger partial charge in [0.1, 0.15) is 5.82 Å². The Balaban J connectivity index is 2.81. The normalized spacial score (nSPS) is 8.73. The highest BCUT2D eigenvalue weighted by Crippen LogP contribution is 2.01. The number of anilines is 1. The van der Waals surface area contributed by atoms with Gasteiger partial charge in [-0.2, -0.15) is 5.10 Å². The predicted octanol–water partition coefficient (Wildman–Crippen LogP) is 0.922. The number of carbonyl (C=O) groups excluding carboxylic acids is 1. The Morgan fingerprint density at radius 2 is 2.45 bits per heavy atom. The number of carbonyl (C=O) groups is 1. The molecule has 0 aliphatic carbocycles. The first-order valence-electron chi connectivity index (χ1n) is 3.00. The fourth-order valence-corrected chi connectivity index (χ4v) is 0.622. The van der Waals surface area contributed by atoms with Crippen molar-refractivity contribution in [1.82, 2.24) is 4.98 Å². The minimum absolute atomic E-state index is 0.541. The summed E-state index contributed by atoms with van der Waals surface area (Å²) in [5.74, 6) is 0.575. The van der Waals surface area contributed by atoms with Crippen molar-refractivity contribution in [2.45, 2.75) is 0 Å². The minimum atomic E-state index is 0.541. The van der Waals surface area contributed by atoms with Gasteiger partial charge in [-0.3, -0.25) is 10.2 Å². The van der Waals surface area contributed by atoms with Crippen LogP contribution in [0.25, 0.3) is 0 Å². The first kappa shape index (κ1) is 7.40. The minimum Gasteiger partial charge on any atom is -0.298 e. The third-order valence-electron chi connectivity index (χ3n) is 1.12. The molecule has 0 atom stereocenters. The van der Waals surface area contributed by atoms with E-state index in [1.165, 1.54) is 6.20 Å². The lowest BCUT2D eigenvalue weighted by Gasteiger charge is -1.96. The Morgan fingerprint density at radius 1 is 1.64 bits per heavy atom. The van der Waals surface area contributed by atoms with E-state index in [2.05, 4.69) is 22.2 Å². The van der Waals surface area contributed by atoms with Crippen LogP contribution in [0.5, 0.6) is 0 Å². The summed E-state index contributed by atoms with van der Waals surface area (Å²) < 4.78 is 0. The van der Waals surface area contributed by atoms with Crippen molar-refractivity contribution < 1.29 is 4.79 Å². The van der Waals surface area contributed by atoms with E-state index in [-0.39, 0.29) is 0 Å². The zero-order valence-corrected chi connectivity index (χ0v) is 5.82. The zero-order valence-electron chi connectivity index (χ0n) is 5.82. The average molecular weight is 149 g/mol. The number of hydrogen-bond acceptors (Lipinski definition) is 4. The molecule has 0 aromatic carbocycles.